The highest BCUT2D eigenvalue weighted by Gasteiger charge is 2.41. The van der Waals surface area contributed by atoms with Gasteiger partial charge in [0.15, 0.2) is 0 Å². The Balaban J connectivity index is 2.25. The Hall–Kier alpha value is -0.580. The maximum atomic E-state index is 11.8. The van der Waals surface area contributed by atoms with Crippen LogP contribution in [0.15, 0.2) is 29.2 Å². The van der Waals surface area contributed by atoms with Gasteiger partial charge in [-0.2, -0.15) is 0 Å². The fourth-order valence-electron chi connectivity index (χ4n) is 1.29. The molecular weight excluding hydrogens is 234 g/mol. The average Bonchev–Trinajstić information content (AvgIpc) is 2.82. The Labute approximate surface area is 94.5 Å². The van der Waals surface area contributed by atoms with E-state index in [1.165, 1.54) is 12.1 Å². The standard InChI is InChI=1S/C10H12ClNO2S/c1-10(6-7-10)12-15(13,14)9-4-2-8(11)3-5-9/h2-5,12H,6-7H2,1H3. The van der Waals surface area contributed by atoms with Crippen molar-refractivity contribution in [1.29, 1.82) is 0 Å². The lowest BCUT2D eigenvalue weighted by Gasteiger charge is -2.11. The summed E-state index contributed by atoms with van der Waals surface area (Å²) in [5.74, 6) is 0. The SMILES string of the molecule is CC1(NS(=O)(=O)c2ccc(Cl)cc2)CC1. The molecule has 0 unspecified atom stereocenters. The van der Waals surface area contributed by atoms with Crippen LogP contribution in [0, 0.1) is 0 Å². The molecule has 0 heterocycles. The normalized spacial score (nSPS) is 18.8. The van der Waals surface area contributed by atoms with E-state index in [0.717, 1.165) is 12.8 Å². The van der Waals surface area contributed by atoms with Gasteiger partial charge in [0.25, 0.3) is 0 Å². The number of hydrogen-bond acceptors (Lipinski definition) is 2. The largest absolute Gasteiger partial charge is 0.241 e. The molecule has 1 N–H and O–H groups in total. The van der Waals surface area contributed by atoms with Crippen molar-refractivity contribution >= 4 is 21.6 Å². The van der Waals surface area contributed by atoms with E-state index in [0.29, 0.717) is 5.02 Å². The Bertz CT molecular complexity index is 463. The van der Waals surface area contributed by atoms with E-state index in [2.05, 4.69) is 4.72 Å². The first-order chi connectivity index (χ1) is 6.91. The van der Waals surface area contributed by atoms with Crippen LogP contribution < -0.4 is 4.72 Å². The Morgan fingerprint density at radius 2 is 1.80 bits per heavy atom. The molecule has 0 radical (unpaired) electrons. The lowest BCUT2D eigenvalue weighted by molar-refractivity contribution is 0.558. The molecule has 1 aliphatic rings. The van der Waals surface area contributed by atoms with Crippen LogP contribution in [0.25, 0.3) is 0 Å². The first-order valence-electron chi connectivity index (χ1n) is 4.71. The number of rotatable bonds is 3. The van der Waals surface area contributed by atoms with Gasteiger partial charge in [-0.1, -0.05) is 11.6 Å². The lowest BCUT2D eigenvalue weighted by Crippen LogP contribution is -2.34. The zero-order valence-electron chi connectivity index (χ0n) is 8.33. The summed E-state index contributed by atoms with van der Waals surface area (Å²) < 4.78 is 26.4. The summed E-state index contributed by atoms with van der Waals surface area (Å²) in [6.07, 6.45) is 1.81. The van der Waals surface area contributed by atoms with Crippen molar-refractivity contribution < 1.29 is 8.42 Å². The summed E-state index contributed by atoms with van der Waals surface area (Å²) in [5.41, 5.74) is -0.238. The van der Waals surface area contributed by atoms with Crippen LogP contribution in [0.5, 0.6) is 0 Å². The van der Waals surface area contributed by atoms with Crippen molar-refractivity contribution in [3.05, 3.63) is 29.3 Å². The number of hydrogen-bond donors (Lipinski definition) is 1. The number of benzene rings is 1. The fourth-order valence-corrected chi connectivity index (χ4v) is 2.88. The molecule has 5 heteroatoms. The first-order valence-corrected chi connectivity index (χ1v) is 6.57. The molecule has 1 aromatic rings. The van der Waals surface area contributed by atoms with Crippen LogP contribution in [-0.2, 0) is 10.0 Å². The zero-order valence-corrected chi connectivity index (χ0v) is 9.90. The maximum Gasteiger partial charge on any atom is 0.241 e. The lowest BCUT2D eigenvalue weighted by atomic mass is 10.4. The van der Waals surface area contributed by atoms with E-state index >= 15 is 0 Å². The van der Waals surface area contributed by atoms with Gasteiger partial charge in [-0.25, -0.2) is 13.1 Å². The van der Waals surface area contributed by atoms with Crippen LogP contribution in [-0.4, -0.2) is 14.0 Å². The van der Waals surface area contributed by atoms with Crippen LogP contribution >= 0.6 is 11.6 Å². The van der Waals surface area contributed by atoms with Crippen molar-refractivity contribution in [2.24, 2.45) is 0 Å². The van der Waals surface area contributed by atoms with E-state index in [1.54, 1.807) is 12.1 Å². The molecular formula is C10H12ClNO2S. The molecule has 1 fully saturated rings. The van der Waals surface area contributed by atoms with Crippen LogP contribution in [0.4, 0.5) is 0 Å². The molecule has 0 aliphatic heterocycles. The summed E-state index contributed by atoms with van der Waals surface area (Å²) in [6, 6.07) is 6.17. The second kappa shape index (κ2) is 3.47. The quantitative estimate of drug-likeness (QED) is 0.887. The number of nitrogens with one attached hydrogen (secondary N) is 1. The Kier molecular flexibility index (Phi) is 2.53. The summed E-state index contributed by atoms with van der Waals surface area (Å²) in [6.45, 7) is 1.90. The first kappa shape index (κ1) is 10.9. The van der Waals surface area contributed by atoms with Crippen LogP contribution in [0.1, 0.15) is 19.8 Å². The Morgan fingerprint density at radius 3 is 2.27 bits per heavy atom. The predicted octanol–water partition coefficient (Wildman–Crippen LogP) is 2.17. The summed E-state index contributed by atoms with van der Waals surface area (Å²) in [5, 5.41) is 0.534. The van der Waals surface area contributed by atoms with E-state index in [-0.39, 0.29) is 10.4 Å². The molecule has 0 aromatic heterocycles. The number of sulfonamides is 1. The molecule has 1 aromatic carbocycles. The van der Waals surface area contributed by atoms with E-state index in [1.807, 2.05) is 6.92 Å². The van der Waals surface area contributed by atoms with Gasteiger partial charge in [0.05, 0.1) is 4.90 Å². The summed E-state index contributed by atoms with van der Waals surface area (Å²) in [4.78, 5) is 0.264. The van der Waals surface area contributed by atoms with E-state index in [9.17, 15) is 8.42 Å². The minimum Gasteiger partial charge on any atom is -0.207 e. The maximum absolute atomic E-state index is 11.8. The Morgan fingerprint density at radius 1 is 1.27 bits per heavy atom. The highest BCUT2D eigenvalue weighted by atomic mass is 35.5. The fraction of sp³-hybridized carbons (Fsp3) is 0.400. The third kappa shape index (κ3) is 2.51. The van der Waals surface area contributed by atoms with Crippen molar-refractivity contribution in [3.8, 4) is 0 Å². The minimum atomic E-state index is -3.38. The van der Waals surface area contributed by atoms with Gasteiger partial charge in [0.1, 0.15) is 0 Å². The van der Waals surface area contributed by atoms with Gasteiger partial charge in [0.2, 0.25) is 10.0 Å². The van der Waals surface area contributed by atoms with Crippen LogP contribution in [0.3, 0.4) is 0 Å². The third-order valence-electron chi connectivity index (χ3n) is 2.50. The average molecular weight is 246 g/mol. The molecule has 0 bridgehead atoms. The molecule has 1 saturated carbocycles. The zero-order chi connectivity index (χ0) is 11.1. The van der Waals surface area contributed by atoms with Gasteiger partial charge >= 0.3 is 0 Å². The number of halogens is 1. The van der Waals surface area contributed by atoms with Crippen molar-refractivity contribution in [2.75, 3.05) is 0 Å². The van der Waals surface area contributed by atoms with Crippen LogP contribution in [0.2, 0.25) is 5.02 Å². The molecule has 1 aliphatic carbocycles. The van der Waals surface area contributed by atoms with Crippen molar-refractivity contribution in [1.82, 2.24) is 4.72 Å². The summed E-state index contributed by atoms with van der Waals surface area (Å²) >= 11 is 5.69. The molecule has 2 rings (SSSR count). The molecule has 0 atom stereocenters. The highest BCUT2D eigenvalue weighted by molar-refractivity contribution is 7.89. The predicted molar refractivity (Wildman–Crippen MR) is 59.4 cm³/mol. The third-order valence-corrected chi connectivity index (χ3v) is 4.41. The monoisotopic (exact) mass is 245 g/mol. The van der Waals surface area contributed by atoms with Gasteiger partial charge in [0, 0.05) is 10.6 Å². The van der Waals surface area contributed by atoms with Gasteiger partial charge in [-0.15, -0.1) is 0 Å². The summed E-state index contributed by atoms with van der Waals surface area (Å²) in [7, 11) is -3.38. The second-order valence-corrected chi connectivity index (χ2v) is 6.24. The molecule has 0 saturated heterocycles. The molecule has 82 valence electrons. The van der Waals surface area contributed by atoms with Gasteiger partial charge in [-0.05, 0) is 44.0 Å². The van der Waals surface area contributed by atoms with E-state index in [4.69, 9.17) is 11.6 Å². The van der Waals surface area contributed by atoms with Gasteiger partial charge < -0.3 is 0 Å². The van der Waals surface area contributed by atoms with E-state index < -0.39 is 10.0 Å². The molecule has 15 heavy (non-hydrogen) atoms. The molecule has 0 amide bonds. The highest BCUT2D eigenvalue weighted by Crippen LogP contribution is 2.35. The topological polar surface area (TPSA) is 46.2 Å². The van der Waals surface area contributed by atoms with Gasteiger partial charge in [-0.3, -0.25) is 0 Å². The molecule has 0 spiro atoms. The van der Waals surface area contributed by atoms with Crippen molar-refractivity contribution in [2.45, 2.75) is 30.2 Å². The second-order valence-electron chi connectivity index (χ2n) is 4.12. The molecule has 3 nitrogen and oxygen atoms in total. The minimum absolute atomic E-state index is 0.238. The van der Waals surface area contributed by atoms with Crippen molar-refractivity contribution in [3.63, 3.8) is 0 Å². The smallest absolute Gasteiger partial charge is 0.207 e.